The van der Waals surface area contributed by atoms with Gasteiger partial charge in [-0.1, -0.05) is 44.0 Å². The van der Waals surface area contributed by atoms with Crippen molar-refractivity contribution in [1.29, 1.82) is 0 Å². The van der Waals surface area contributed by atoms with Crippen molar-refractivity contribution in [2.45, 2.75) is 3.74 Å². The van der Waals surface area contributed by atoms with Crippen LogP contribution in [0.2, 0.25) is 0 Å². The number of allylic oxidation sites excluding steroid dienone is 4. The molecule has 0 radical (unpaired) electrons. The lowest BCUT2D eigenvalue weighted by atomic mass is 10.1. The van der Waals surface area contributed by atoms with Crippen molar-refractivity contribution in [3.8, 4) is 0 Å². The molecule has 1 rings (SSSR count). The van der Waals surface area contributed by atoms with Gasteiger partial charge in [0, 0.05) is 5.57 Å². The van der Waals surface area contributed by atoms with Crippen molar-refractivity contribution in [3.63, 3.8) is 0 Å². The first-order chi connectivity index (χ1) is 7.57. The largest absolute Gasteiger partial charge is 0.510 e. The number of aliphatic hydroxyl groups is 2. The molecule has 0 aromatic heterocycles. The summed E-state index contributed by atoms with van der Waals surface area (Å²) in [4.78, 5) is 11.5. The molecule has 2 N–H and O–H groups in total. The first kappa shape index (κ1) is 13.5. The Kier molecular flexibility index (Phi) is 5.24. The maximum absolute atomic E-state index is 11.5. The van der Waals surface area contributed by atoms with E-state index in [1.807, 2.05) is 0 Å². The predicted octanol–water partition coefficient (Wildman–Crippen LogP) is 1.95. The third-order valence-corrected chi connectivity index (χ3v) is 2.71. The van der Waals surface area contributed by atoms with E-state index in [-0.39, 0.29) is 24.5 Å². The fraction of sp³-hybridized carbons (Fsp3) is 0.300. The zero-order valence-electron chi connectivity index (χ0n) is 8.19. The van der Waals surface area contributed by atoms with Gasteiger partial charge in [0.1, 0.15) is 16.1 Å². The Morgan fingerprint density at radius 2 is 2.19 bits per heavy atom. The summed E-state index contributed by atoms with van der Waals surface area (Å²) in [5.74, 6) is -0.567. The highest BCUT2D eigenvalue weighted by molar-refractivity contribution is 9.24. The molecule has 0 aromatic carbocycles. The average Bonchev–Trinajstić information content (AvgIpc) is 2.73. The normalized spacial score (nSPS) is 17.6. The zero-order chi connectivity index (χ0) is 12.1. The van der Waals surface area contributed by atoms with Gasteiger partial charge in [-0.05, 0) is 6.08 Å². The maximum Gasteiger partial charge on any atom is 0.338 e. The van der Waals surface area contributed by atoms with E-state index in [1.165, 1.54) is 0 Å². The number of hydrogen-bond donors (Lipinski definition) is 2. The number of rotatable bonds is 4. The van der Waals surface area contributed by atoms with Crippen LogP contribution >= 0.6 is 31.9 Å². The smallest absolute Gasteiger partial charge is 0.338 e. The van der Waals surface area contributed by atoms with Crippen LogP contribution in [0.4, 0.5) is 0 Å². The number of halogens is 2. The van der Waals surface area contributed by atoms with E-state index in [1.54, 1.807) is 18.2 Å². The van der Waals surface area contributed by atoms with Gasteiger partial charge in [0.05, 0.1) is 12.2 Å². The van der Waals surface area contributed by atoms with Crippen LogP contribution in [-0.2, 0) is 9.53 Å². The lowest BCUT2D eigenvalue weighted by Gasteiger charge is -2.09. The van der Waals surface area contributed by atoms with Crippen molar-refractivity contribution in [1.82, 2.24) is 0 Å². The monoisotopic (exact) mass is 352 g/mol. The Balaban J connectivity index is 2.83. The Hall–Kier alpha value is -0.590. The molecule has 0 saturated heterocycles. The number of alkyl halides is 2. The predicted molar refractivity (Wildman–Crippen MR) is 66.6 cm³/mol. The van der Waals surface area contributed by atoms with Crippen molar-refractivity contribution in [2.24, 2.45) is 0 Å². The second kappa shape index (κ2) is 6.22. The number of ether oxygens (including phenoxy) is 1. The molecule has 0 spiro atoms. The molecule has 0 unspecified atom stereocenters. The van der Waals surface area contributed by atoms with Crippen LogP contribution < -0.4 is 0 Å². The number of carbonyl (C=O) groups is 1. The van der Waals surface area contributed by atoms with Crippen LogP contribution in [0.5, 0.6) is 0 Å². The van der Waals surface area contributed by atoms with Crippen LogP contribution in [-0.4, -0.2) is 33.1 Å². The first-order valence-corrected chi connectivity index (χ1v) is 6.29. The summed E-state index contributed by atoms with van der Waals surface area (Å²) >= 11 is 6.27. The topological polar surface area (TPSA) is 66.8 Å². The first-order valence-electron chi connectivity index (χ1n) is 4.46. The third-order valence-electron chi connectivity index (χ3n) is 1.84. The summed E-state index contributed by atoms with van der Waals surface area (Å²) in [5, 5.41) is 18.2. The maximum atomic E-state index is 11.5. The van der Waals surface area contributed by atoms with E-state index >= 15 is 0 Å². The molecular formula is C10H10Br2O4. The summed E-state index contributed by atoms with van der Waals surface area (Å²) in [5.41, 5.74) is 0.677. The van der Waals surface area contributed by atoms with Crippen LogP contribution in [0, 0.1) is 0 Å². The summed E-state index contributed by atoms with van der Waals surface area (Å²) in [6.07, 6.45) is 4.80. The van der Waals surface area contributed by atoms with Crippen LogP contribution in [0.3, 0.4) is 0 Å². The minimum absolute atomic E-state index is 0.000878. The van der Waals surface area contributed by atoms with Crippen LogP contribution in [0.15, 0.2) is 35.1 Å². The van der Waals surface area contributed by atoms with E-state index in [9.17, 15) is 9.90 Å². The number of aliphatic hydroxyl groups excluding tert-OH is 2. The molecule has 0 saturated carbocycles. The van der Waals surface area contributed by atoms with Gasteiger partial charge >= 0.3 is 5.97 Å². The summed E-state index contributed by atoms with van der Waals surface area (Å²) < 4.78 is 4.34. The summed E-state index contributed by atoms with van der Waals surface area (Å²) in [6.45, 7) is -0.284. The van der Waals surface area contributed by atoms with Gasteiger partial charge < -0.3 is 14.9 Å². The molecule has 0 atom stereocenters. The van der Waals surface area contributed by atoms with E-state index in [0.29, 0.717) is 5.57 Å². The van der Waals surface area contributed by atoms with Gasteiger partial charge in [0.25, 0.3) is 0 Å². The molecule has 1 aliphatic rings. The highest BCUT2D eigenvalue weighted by atomic mass is 79.9. The van der Waals surface area contributed by atoms with Gasteiger partial charge in [0.2, 0.25) is 0 Å². The van der Waals surface area contributed by atoms with Crippen molar-refractivity contribution in [3.05, 3.63) is 35.1 Å². The zero-order valence-corrected chi connectivity index (χ0v) is 11.4. The molecule has 0 amide bonds. The molecule has 6 heteroatoms. The molecule has 0 aromatic rings. The van der Waals surface area contributed by atoms with Crippen molar-refractivity contribution in [2.75, 3.05) is 13.2 Å². The highest BCUT2D eigenvalue weighted by Crippen LogP contribution is 2.28. The molecule has 0 bridgehead atoms. The van der Waals surface area contributed by atoms with E-state index in [4.69, 9.17) is 9.84 Å². The van der Waals surface area contributed by atoms with E-state index < -0.39 is 9.71 Å². The quantitative estimate of drug-likeness (QED) is 0.460. The summed E-state index contributed by atoms with van der Waals surface area (Å²) in [6, 6.07) is 0. The second-order valence-electron chi connectivity index (χ2n) is 2.90. The lowest BCUT2D eigenvalue weighted by Crippen LogP contribution is -2.12. The third kappa shape index (κ3) is 3.20. The van der Waals surface area contributed by atoms with E-state index in [2.05, 4.69) is 31.9 Å². The highest BCUT2D eigenvalue weighted by Gasteiger charge is 2.22. The van der Waals surface area contributed by atoms with Crippen molar-refractivity contribution < 1.29 is 19.7 Å². The SMILES string of the molecule is O=C(OCCO)C1=CC=C/C1=C(/O)C(Br)Br. The van der Waals surface area contributed by atoms with Crippen LogP contribution in [0.1, 0.15) is 0 Å². The van der Waals surface area contributed by atoms with Gasteiger partial charge in [-0.25, -0.2) is 4.79 Å². The molecule has 0 heterocycles. The minimum Gasteiger partial charge on any atom is -0.510 e. The van der Waals surface area contributed by atoms with Crippen LogP contribution in [0.25, 0.3) is 0 Å². The van der Waals surface area contributed by atoms with Crippen molar-refractivity contribution >= 4 is 37.8 Å². The van der Waals surface area contributed by atoms with E-state index in [0.717, 1.165) is 0 Å². The van der Waals surface area contributed by atoms with Gasteiger partial charge in [0.15, 0.2) is 0 Å². The summed E-state index contributed by atoms with van der Waals surface area (Å²) in [7, 11) is 0. The molecule has 1 aliphatic carbocycles. The number of hydrogen-bond acceptors (Lipinski definition) is 4. The Labute approximate surface area is 110 Å². The molecule has 16 heavy (non-hydrogen) atoms. The van der Waals surface area contributed by atoms with Gasteiger partial charge in [-0.2, -0.15) is 0 Å². The Morgan fingerprint density at radius 1 is 1.50 bits per heavy atom. The minimum atomic E-state index is -0.568. The van der Waals surface area contributed by atoms with Gasteiger partial charge in [-0.15, -0.1) is 0 Å². The molecule has 0 fully saturated rings. The van der Waals surface area contributed by atoms with Gasteiger partial charge in [-0.3, -0.25) is 0 Å². The number of esters is 1. The Bertz CT molecular complexity index is 369. The molecule has 0 aliphatic heterocycles. The standard InChI is InChI=1S/C10H10Br2O4/c11-9(12)8(14)6-2-1-3-7(6)10(15)16-5-4-13/h1-3,9,13-14H,4-5H2/b8-6-. The second-order valence-corrected chi connectivity index (χ2v) is 5.96. The fourth-order valence-corrected chi connectivity index (χ4v) is 1.65. The lowest BCUT2D eigenvalue weighted by molar-refractivity contribution is -0.139. The Morgan fingerprint density at radius 3 is 2.75 bits per heavy atom. The molecule has 88 valence electrons. The molecular weight excluding hydrogens is 344 g/mol. The number of carbonyl (C=O) groups excluding carboxylic acids is 1. The molecule has 4 nitrogen and oxygen atoms in total. The fourth-order valence-electron chi connectivity index (χ4n) is 1.16. The average molecular weight is 354 g/mol.